The number of nitrogens with one attached hydrogen (secondary N) is 1. The predicted octanol–water partition coefficient (Wildman–Crippen LogP) is 1.62. The Bertz CT molecular complexity index is 679. The highest BCUT2D eigenvalue weighted by Crippen LogP contribution is 2.29. The molecule has 102 valence electrons. The van der Waals surface area contributed by atoms with Gasteiger partial charge in [0.25, 0.3) is 5.56 Å². The van der Waals surface area contributed by atoms with Gasteiger partial charge in [-0.2, -0.15) is 0 Å². The van der Waals surface area contributed by atoms with Gasteiger partial charge >= 0.3 is 6.36 Å². The smallest absolute Gasteiger partial charge is 0.403 e. The number of fused-ring (bicyclic) bond motifs is 1. The number of benzene rings is 1. The van der Waals surface area contributed by atoms with E-state index < -0.39 is 24.3 Å². The highest BCUT2D eigenvalue weighted by atomic mass is 19.4. The topological polar surface area (TPSA) is 75.2 Å². The van der Waals surface area contributed by atoms with Gasteiger partial charge in [0.15, 0.2) is 5.75 Å². The molecule has 0 aliphatic rings. The molecule has 2 rings (SSSR count). The SMILES string of the molecule is Cc1nc2c(OC(F)(F)F)cc(CO)cc2[nH]c1=O. The number of nitrogens with zero attached hydrogens (tertiary/aromatic N) is 1. The molecule has 2 aromatic rings. The number of rotatable bonds is 2. The summed E-state index contributed by atoms with van der Waals surface area (Å²) in [7, 11) is 0. The summed E-state index contributed by atoms with van der Waals surface area (Å²) in [5.74, 6) is -0.562. The van der Waals surface area contributed by atoms with Crippen molar-refractivity contribution < 1.29 is 23.0 Å². The molecule has 5 nitrogen and oxygen atoms in total. The van der Waals surface area contributed by atoms with Crippen LogP contribution in [-0.2, 0) is 6.61 Å². The van der Waals surface area contributed by atoms with Gasteiger partial charge in [0.1, 0.15) is 11.2 Å². The van der Waals surface area contributed by atoms with Gasteiger partial charge in [-0.3, -0.25) is 4.79 Å². The number of hydrogen-bond acceptors (Lipinski definition) is 4. The van der Waals surface area contributed by atoms with Gasteiger partial charge in [0.05, 0.1) is 12.1 Å². The molecule has 0 atom stereocenters. The van der Waals surface area contributed by atoms with Crippen molar-refractivity contribution in [2.24, 2.45) is 0 Å². The number of alkyl halides is 3. The lowest BCUT2D eigenvalue weighted by Crippen LogP contribution is -2.19. The maximum Gasteiger partial charge on any atom is 0.573 e. The Morgan fingerprint density at radius 2 is 2.11 bits per heavy atom. The highest BCUT2D eigenvalue weighted by molar-refractivity contribution is 5.81. The number of aryl methyl sites for hydroxylation is 1. The number of aromatic amines is 1. The zero-order valence-electron chi connectivity index (χ0n) is 9.71. The fourth-order valence-corrected chi connectivity index (χ4v) is 1.60. The van der Waals surface area contributed by atoms with E-state index in [1.54, 1.807) is 0 Å². The molecule has 0 radical (unpaired) electrons. The predicted molar refractivity (Wildman–Crippen MR) is 59.7 cm³/mol. The largest absolute Gasteiger partial charge is 0.573 e. The second kappa shape index (κ2) is 4.54. The van der Waals surface area contributed by atoms with Crippen LogP contribution >= 0.6 is 0 Å². The van der Waals surface area contributed by atoms with E-state index in [1.165, 1.54) is 13.0 Å². The minimum Gasteiger partial charge on any atom is -0.403 e. The Morgan fingerprint density at radius 1 is 1.42 bits per heavy atom. The molecule has 0 spiro atoms. The molecule has 0 unspecified atom stereocenters. The van der Waals surface area contributed by atoms with Crippen LogP contribution in [-0.4, -0.2) is 21.4 Å². The maximum absolute atomic E-state index is 12.3. The highest BCUT2D eigenvalue weighted by Gasteiger charge is 2.32. The van der Waals surface area contributed by atoms with Crippen molar-refractivity contribution in [2.45, 2.75) is 19.9 Å². The molecule has 8 heteroatoms. The normalized spacial score (nSPS) is 11.8. The lowest BCUT2D eigenvalue weighted by Gasteiger charge is -2.12. The summed E-state index contributed by atoms with van der Waals surface area (Å²) in [5, 5.41) is 8.99. The van der Waals surface area contributed by atoms with Crippen LogP contribution in [0.15, 0.2) is 16.9 Å². The van der Waals surface area contributed by atoms with Gasteiger partial charge in [0, 0.05) is 0 Å². The first-order chi connectivity index (χ1) is 8.80. The fourth-order valence-electron chi connectivity index (χ4n) is 1.60. The van der Waals surface area contributed by atoms with Gasteiger partial charge in [-0.25, -0.2) is 4.98 Å². The number of halogens is 3. The zero-order valence-corrected chi connectivity index (χ0v) is 9.71. The van der Waals surface area contributed by atoms with Crippen molar-refractivity contribution in [3.8, 4) is 5.75 Å². The number of hydrogen-bond donors (Lipinski definition) is 2. The molecule has 0 bridgehead atoms. The Hall–Kier alpha value is -2.09. The number of H-pyrrole nitrogens is 1. The van der Waals surface area contributed by atoms with E-state index in [4.69, 9.17) is 5.11 Å². The lowest BCUT2D eigenvalue weighted by atomic mass is 10.2. The summed E-state index contributed by atoms with van der Waals surface area (Å²) in [4.78, 5) is 17.6. The van der Waals surface area contributed by atoms with Crippen LogP contribution in [0.3, 0.4) is 0 Å². The maximum atomic E-state index is 12.3. The van der Waals surface area contributed by atoms with E-state index in [1.807, 2.05) is 0 Å². The molecule has 0 saturated heterocycles. The summed E-state index contributed by atoms with van der Waals surface area (Å²) >= 11 is 0. The van der Waals surface area contributed by atoms with Gasteiger partial charge in [-0.05, 0) is 24.6 Å². The average Bonchev–Trinajstić information content (AvgIpc) is 2.29. The van der Waals surface area contributed by atoms with Crippen LogP contribution in [0.25, 0.3) is 11.0 Å². The van der Waals surface area contributed by atoms with Gasteiger partial charge < -0.3 is 14.8 Å². The van der Waals surface area contributed by atoms with E-state index >= 15 is 0 Å². The molecule has 0 amide bonds. The zero-order chi connectivity index (χ0) is 14.2. The van der Waals surface area contributed by atoms with E-state index in [0.717, 1.165) is 6.07 Å². The van der Waals surface area contributed by atoms with Gasteiger partial charge in [-0.15, -0.1) is 13.2 Å². The average molecular weight is 274 g/mol. The van der Waals surface area contributed by atoms with Crippen LogP contribution in [0.5, 0.6) is 5.75 Å². The number of aromatic nitrogens is 2. The van der Waals surface area contributed by atoms with Crippen molar-refractivity contribution >= 4 is 11.0 Å². The first-order valence-corrected chi connectivity index (χ1v) is 5.20. The van der Waals surface area contributed by atoms with E-state index in [-0.39, 0.29) is 22.3 Å². The van der Waals surface area contributed by atoms with Crippen molar-refractivity contribution in [1.82, 2.24) is 9.97 Å². The molecule has 2 N–H and O–H groups in total. The first-order valence-electron chi connectivity index (χ1n) is 5.20. The Labute approximate surface area is 104 Å². The summed E-state index contributed by atoms with van der Waals surface area (Å²) in [6.45, 7) is 0.885. The van der Waals surface area contributed by atoms with Crippen molar-refractivity contribution in [3.05, 3.63) is 33.7 Å². The van der Waals surface area contributed by atoms with Crippen LogP contribution in [0, 0.1) is 6.92 Å². The summed E-state index contributed by atoms with van der Waals surface area (Å²) in [5.41, 5.74) is -0.363. The van der Waals surface area contributed by atoms with Crippen LogP contribution in [0.1, 0.15) is 11.3 Å². The molecule has 19 heavy (non-hydrogen) atoms. The van der Waals surface area contributed by atoms with Crippen LogP contribution < -0.4 is 10.3 Å². The third-order valence-corrected chi connectivity index (χ3v) is 2.40. The Balaban J connectivity index is 2.72. The minimum absolute atomic E-state index is 0.0243. The Kier molecular flexibility index (Phi) is 3.19. The molecule has 1 aromatic carbocycles. The third-order valence-electron chi connectivity index (χ3n) is 2.40. The molecular weight excluding hydrogens is 265 g/mol. The molecule has 1 aromatic heterocycles. The molecule has 0 fully saturated rings. The molecule has 0 aliphatic heterocycles. The molecule has 0 aliphatic carbocycles. The number of aliphatic hydroxyl groups excluding tert-OH is 1. The summed E-state index contributed by atoms with van der Waals surface area (Å²) < 4.78 is 40.8. The second-order valence-corrected chi connectivity index (χ2v) is 3.85. The third kappa shape index (κ3) is 2.84. The van der Waals surface area contributed by atoms with Crippen molar-refractivity contribution in [2.75, 3.05) is 0 Å². The number of aliphatic hydroxyl groups is 1. The van der Waals surface area contributed by atoms with Gasteiger partial charge in [0.2, 0.25) is 0 Å². The molecule has 1 heterocycles. The van der Waals surface area contributed by atoms with Crippen LogP contribution in [0.4, 0.5) is 13.2 Å². The van der Waals surface area contributed by atoms with Crippen molar-refractivity contribution in [3.63, 3.8) is 0 Å². The van der Waals surface area contributed by atoms with E-state index in [0.29, 0.717) is 0 Å². The van der Waals surface area contributed by atoms with Gasteiger partial charge in [-0.1, -0.05) is 0 Å². The number of ether oxygens (including phenoxy) is 1. The molecular formula is C11H9F3N2O3. The summed E-state index contributed by atoms with van der Waals surface area (Å²) in [6.07, 6.45) is -4.88. The van der Waals surface area contributed by atoms with Crippen LogP contribution in [0.2, 0.25) is 0 Å². The standard InChI is InChI=1S/C11H9F3N2O3/c1-5-10(18)16-7-2-6(4-17)3-8(9(7)15-5)19-11(12,13)14/h2-3,17H,4H2,1H3,(H,16,18). The van der Waals surface area contributed by atoms with E-state index in [9.17, 15) is 18.0 Å². The van der Waals surface area contributed by atoms with Crippen molar-refractivity contribution in [1.29, 1.82) is 0 Å². The first kappa shape index (κ1) is 13.3. The Morgan fingerprint density at radius 3 is 2.68 bits per heavy atom. The summed E-state index contributed by atoms with van der Waals surface area (Å²) in [6, 6.07) is 2.37. The fraction of sp³-hybridized carbons (Fsp3) is 0.273. The molecule has 0 saturated carbocycles. The monoisotopic (exact) mass is 274 g/mol. The lowest BCUT2D eigenvalue weighted by molar-refractivity contribution is -0.274. The second-order valence-electron chi connectivity index (χ2n) is 3.85. The quantitative estimate of drug-likeness (QED) is 0.872. The van der Waals surface area contributed by atoms with E-state index in [2.05, 4.69) is 14.7 Å². The minimum atomic E-state index is -4.88.